The van der Waals surface area contributed by atoms with E-state index < -0.39 is 13.6 Å². The van der Waals surface area contributed by atoms with Crippen LogP contribution in [0.5, 0.6) is 0 Å². The summed E-state index contributed by atoms with van der Waals surface area (Å²) in [5, 5.41) is 8.67. The van der Waals surface area contributed by atoms with E-state index in [1.54, 1.807) is 36.4 Å². The Hall–Kier alpha value is -3.70. The first kappa shape index (κ1) is 30.3. The first-order valence-electron chi connectivity index (χ1n) is 12.8. The van der Waals surface area contributed by atoms with E-state index in [1.165, 1.54) is 0 Å². The first-order chi connectivity index (χ1) is 19.8. The van der Waals surface area contributed by atoms with Crippen molar-refractivity contribution in [1.82, 2.24) is 5.32 Å². The molecule has 0 heterocycles. The fourth-order valence-corrected chi connectivity index (χ4v) is 5.78. The minimum absolute atomic E-state index is 0.0523. The van der Waals surface area contributed by atoms with Gasteiger partial charge in [0.15, 0.2) is 13.7 Å². The SMILES string of the molecule is NSP(F)CCNC(=O)CCCc1ccc2c(c1)C(COC(=O)ON(N)c1ccccc1N)c1cccc(C=O)c1-2. The Labute approximate surface area is 242 Å². The van der Waals surface area contributed by atoms with Crippen LogP contribution in [0.15, 0.2) is 60.7 Å². The van der Waals surface area contributed by atoms with Gasteiger partial charge in [0.25, 0.3) is 0 Å². The maximum Gasteiger partial charge on any atom is 0.534 e. The number of nitrogen functional groups attached to an aromatic ring is 1. The molecule has 0 aliphatic heterocycles. The van der Waals surface area contributed by atoms with Gasteiger partial charge in [0.2, 0.25) is 5.91 Å². The van der Waals surface area contributed by atoms with Gasteiger partial charge in [-0.1, -0.05) is 48.5 Å². The number of aryl methyl sites for hydroxylation is 1. The largest absolute Gasteiger partial charge is 0.534 e. The highest BCUT2D eigenvalue weighted by Crippen LogP contribution is 2.47. The maximum atomic E-state index is 13.3. The minimum atomic E-state index is -1.81. The van der Waals surface area contributed by atoms with E-state index in [2.05, 4.69) is 5.32 Å². The van der Waals surface area contributed by atoms with E-state index >= 15 is 0 Å². The first-order valence-corrected chi connectivity index (χ1v) is 15.7. The number of halogens is 1. The normalized spacial score (nSPS) is 14.0. The molecule has 0 saturated carbocycles. The van der Waals surface area contributed by atoms with Gasteiger partial charge < -0.3 is 15.8 Å². The van der Waals surface area contributed by atoms with Crippen LogP contribution < -0.4 is 27.2 Å². The number of amides is 1. The van der Waals surface area contributed by atoms with Crippen molar-refractivity contribution < 1.29 is 28.2 Å². The van der Waals surface area contributed by atoms with Crippen molar-refractivity contribution >= 4 is 48.7 Å². The third-order valence-corrected chi connectivity index (χ3v) is 8.74. The molecule has 41 heavy (non-hydrogen) atoms. The molecule has 7 N–H and O–H groups in total. The monoisotopic (exact) mass is 599 g/mol. The molecule has 0 aromatic heterocycles. The Balaban J connectivity index is 1.43. The molecule has 1 aliphatic rings. The van der Waals surface area contributed by atoms with Crippen LogP contribution in [0.3, 0.4) is 0 Å². The number of carbonyl (C=O) groups excluding carboxylic acids is 3. The zero-order valence-corrected chi connectivity index (χ0v) is 23.8. The maximum absolute atomic E-state index is 13.3. The minimum Gasteiger partial charge on any atom is -0.432 e. The highest BCUT2D eigenvalue weighted by Gasteiger charge is 2.32. The molecule has 0 saturated heterocycles. The van der Waals surface area contributed by atoms with E-state index in [0.717, 1.165) is 39.3 Å². The molecule has 1 aliphatic carbocycles. The summed E-state index contributed by atoms with van der Waals surface area (Å²) in [7, 11) is -1.81. The third-order valence-electron chi connectivity index (χ3n) is 6.70. The second-order valence-electron chi connectivity index (χ2n) is 9.29. The van der Waals surface area contributed by atoms with Crippen LogP contribution in [-0.4, -0.2) is 37.7 Å². The molecule has 0 radical (unpaired) electrons. The fraction of sp³-hybridized carbons (Fsp3) is 0.250. The Bertz CT molecular complexity index is 1410. The molecule has 2 unspecified atom stereocenters. The second kappa shape index (κ2) is 14.3. The lowest BCUT2D eigenvalue weighted by Gasteiger charge is -2.19. The number of nitrogens with two attached hydrogens (primary N) is 3. The van der Waals surface area contributed by atoms with Gasteiger partial charge in [-0.25, -0.2) is 14.8 Å². The predicted octanol–water partition coefficient (Wildman–Crippen LogP) is 4.97. The van der Waals surface area contributed by atoms with Crippen LogP contribution in [0.25, 0.3) is 11.1 Å². The summed E-state index contributed by atoms with van der Waals surface area (Å²) >= 11 is 0.687. The Morgan fingerprint density at radius 2 is 1.93 bits per heavy atom. The lowest BCUT2D eigenvalue weighted by molar-refractivity contribution is -0.121. The molecule has 0 fully saturated rings. The number of aldehydes is 1. The fourth-order valence-electron chi connectivity index (χ4n) is 4.79. The molecule has 13 heteroatoms. The zero-order valence-electron chi connectivity index (χ0n) is 22.1. The average molecular weight is 600 g/mol. The molecular weight excluding hydrogens is 568 g/mol. The van der Waals surface area contributed by atoms with Crippen molar-refractivity contribution in [2.75, 3.05) is 30.2 Å². The molecule has 0 spiro atoms. The number of hydrazine groups is 1. The summed E-state index contributed by atoms with van der Waals surface area (Å²) in [6, 6.07) is 18.0. The molecule has 3 aromatic rings. The summed E-state index contributed by atoms with van der Waals surface area (Å²) in [5.74, 6) is 5.36. The van der Waals surface area contributed by atoms with Gasteiger partial charge in [0.05, 0.1) is 5.69 Å². The highest BCUT2D eigenvalue weighted by molar-refractivity contribution is 8.53. The van der Waals surface area contributed by atoms with Crippen molar-refractivity contribution in [3.63, 3.8) is 0 Å². The molecule has 4 rings (SSSR count). The molecule has 1 amide bonds. The van der Waals surface area contributed by atoms with E-state index in [9.17, 15) is 18.6 Å². The number of ether oxygens (including phenoxy) is 1. The highest BCUT2D eigenvalue weighted by atomic mass is 32.7. The van der Waals surface area contributed by atoms with Gasteiger partial charge in [-0.3, -0.25) is 19.6 Å². The predicted molar refractivity (Wildman–Crippen MR) is 160 cm³/mol. The number of rotatable bonds is 13. The number of carbonyl (C=O) groups is 3. The molecular formula is C28H31FN5O5PS. The summed E-state index contributed by atoms with van der Waals surface area (Å²) in [6.07, 6.45) is 1.54. The second-order valence-corrected chi connectivity index (χ2v) is 12.4. The smallest absolute Gasteiger partial charge is 0.432 e. The van der Waals surface area contributed by atoms with Gasteiger partial charge in [0, 0.05) is 30.6 Å². The van der Waals surface area contributed by atoms with Crippen molar-refractivity contribution in [3.05, 3.63) is 82.9 Å². The summed E-state index contributed by atoms with van der Waals surface area (Å²) in [5.41, 5.74) is 11.5. The van der Waals surface area contributed by atoms with Crippen molar-refractivity contribution in [1.29, 1.82) is 0 Å². The number of hydrogen-bond donors (Lipinski definition) is 4. The van der Waals surface area contributed by atoms with Crippen LogP contribution >= 0.6 is 19.0 Å². The topological polar surface area (TPSA) is 163 Å². The Morgan fingerprint density at radius 3 is 2.68 bits per heavy atom. The van der Waals surface area contributed by atoms with Crippen molar-refractivity contribution in [2.45, 2.75) is 25.2 Å². The van der Waals surface area contributed by atoms with E-state index in [-0.39, 0.29) is 31.1 Å². The number of para-hydroxylation sites is 2. The number of nitrogens with one attached hydrogen (secondary N) is 1. The molecule has 216 valence electrons. The number of nitrogens with zero attached hydrogens (tertiary/aromatic N) is 1. The van der Waals surface area contributed by atoms with Crippen LogP contribution in [0.4, 0.5) is 20.4 Å². The average Bonchev–Trinajstić information content (AvgIpc) is 3.29. The summed E-state index contributed by atoms with van der Waals surface area (Å²) in [4.78, 5) is 41.6. The number of benzene rings is 3. The molecule has 3 aromatic carbocycles. The van der Waals surface area contributed by atoms with Crippen LogP contribution in [-0.2, 0) is 20.8 Å². The third kappa shape index (κ3) is 7.53. The Morgan fingerprint density at radius 1 is 1.12 bits per heavy atom. The molecule has 0 bridgehead atoms. The van der Waals surface area contributed by atoms with Gasteiger partial charge in [-0.2, -0.15) is 0 Å². The molecule has 2 atom stereocenters. The van der Waals surface area contributed by atoms with Crippen LogP contribution in [0.1, 0.15) is 45.8 Å². The number of anilines is 2. The number of fused-ring (bicyclic) bond motifs is 3. The van der Waals surface area contributed by atoms with Gasteiger partial charge in [0.1, 0.15) is 12.3 Å². The molecule has 10 nitrogen and oxygen atoms in total. The quantitative estimate of drug-likeness (QED) is 0.0401. The summed E-state index contributed by atoms with van der Waals surface area (Å²) < 4.78 is 18.7. The van der Waals surface area contributed by atoms with E-state index in [4.69, 9.17) is 26.3 Å². The van der Waals surface area contributed by atoms with Crippen molar-refractivity contribution in [3.8, 4) is 11.1 Å². The lowest BCUT2D eigenvalue weighted by Crippen LogP contribution is -2.35. The van der Waals surface area contributed by atoms with Gasteiger partial charge in [-0.15, -0.1) is 5.17 Å². The van der Waals surface area contributed by atoms with Crippen LogP contribution in [0, 0.1) is 0 Å². The zero-order chi connectivity index (χ0) is 29.4. The van der Waals surface area contributed by atoms with Gasteiger partial charge >= 0.3 is 6.16 Å². The Kier molecular flexibility index (Phi) is 10.5. The lowest BCUT2D eigenvalue weighted by atomic mass is 9.95. The van der Waals surface area contributed by atoms with E-state index in [0.29, 0.717) is 47.8 Å². The standard InChI is InChI=1S/C28H31FN5O5PS/c29-40(41-32)14-13-33-26(36)10-3-5-18-11-12-21-22(15-18)23(20-7-4-6-19(16-35)27(20)21)17-38-28(37)39-34(31)25-9-2-1-8-24(25)30/h1-2,4,6-9,11-12,15-16,23H,3,5,10,13-14,17,30-32H2,(H,33,36). The van der Waals surface area contributed by atoms with Crippen molar-refractivity contribution in [2.24, 2.45) is 11.0 Å². The number of hydrogen-bond acceptors (Lipinski definition) is 10. The van der Waals surface area contributed by atoms with Crippen LogP contribution in [0.2, 0.25) is 0 Å². The summed E-state index contributed by atoms with van der Waals surface area (Å²) in [6.45, 7) is 0.204. The van der Waals surface area contributed by atoms with Gasteiger partial charge in [-0.05, 0) is 64.4 Å². The van der Waals surface area contributed by atoms with E-state index in [1.807, 2.05) is 24.3 Å².